The summed E-state index contributed by atoms with van der Waals surface area (Å²) in [7, 11) is -16.8. The predicted octanol–water partition coefficient (Wildman–Crippen LogP) is 3.99. The fourth-order valence-electron chi connectivity index (χ4n) is 6.10. The van der Waals surface area contributed by atoms with Crippen molar-refractivity contribution in [1.29, 1.82) is 0 Å². The quantitative estimate of drug-likeness (QED) is 0.0889. The minimum absolute atomic E-state index is 0.0365. The number of aliphatic hydroxyl groups excluding tert-OH is 1. The molecule has 5 atom stereocenters. The van der Waals surface area contributed by atoms with Crippen LogP contribution in [-0.4, -0.2) is 60.1 Å². The van der Waals surface area contributed by atoms with Crippen molar-refractivity contribution in [3.8, 4) is 0 Å². The minimum atomic E-state index is -5.74. The average Bonchev–Trinajstić information content (AvgIpc) is 3.70. The number of nitrogens with one attached hydrogen (secondary N) is 1. The van der Waals surface area contributed by atoms with Crippen LogP contribution in [0.3, 0.4) is 0 Å². The zero-order chi connectivity index (χ0) is 36.5. The molecule has 0 saturated heterocycles. The summed E-state index contributed by atoms with van der Waals surface area (Å²) in [5.74, 6) is 0.161. The molecule has 2 aliphatic heterocycles. The van der Waals surface area contributed by atoms with E-state index in [2.05, 4.69) is 72.5 Å². The molecule has 0 fully saturated rings. The fourth-order valence-corrected chi connectivity index (χ4v) is 9.13. The van der Waals surface area contributed by atoms with Gasteiger partial charge in [-0.15, -0.1) is 0 Å². The number of aromatic nitrogens is 2. The Morgan fingerprint density at radius 2 is 1.76 bits per heavy atom. The van der Waals surface area contributed by atoms with Crippen LogP contribution >= 0.6 is 23.5 Å². The third-order valence-electron chi connectivity index (χ3n) is 8.35. The molecule has 3 aliphatic rings. The van der Waals surface area contributed by atoms with Gasteiger partial charge in [-0.25, -0.2) is 13.7 Å². The Kier molecular flexibility index (Phi) is 8.86. The highest BCUT2D eigenvalue weighted by atomic mass is 31.3. The molecule has 3 heterocycles. The summed E-state index contributed by atoms with van der Waals surface area (Å²) in [6, 6.07) is 14.6. The Labute approximate surface area is 288 Å². The van der Waals surface area contributed by atoms with E-state index >= 15 is 0 Å². The molecule has 1 aliphatic carbocycles. The Hall–Kier alpha value is -4.15. The standard InChI is InChI=1S/C30H30N5O13P3/c1-16-2-4-19-11-20-7-6-18-5-3-17(10-22(18)23(20)12-21(16)19)8-9-34-15-35(28-27(34)29(37)33-30(31)32-28)26-13-24(36)25(46-26)14-45-50(41,42)48-51(43,44)47-49(38,39)40/h2-13,16,24-25,36H,14-15H2,1H3,(H,41,42)(H,43,44)(H2,38,39,40)(H3,31,32,33,37)/b9-8+. The van der Waals surface area contributed by atoms with Gasteiger partial charge in [-0.3, -0.25) is 19.2 Å². The van der Waals surface area contributed by atoms with E-state index < -0.39 is 47.8 Å². The lowest BCUT2D eigenvalue weighted by atomic mass is 9.94. The Morgan fingerprint density at radius 3 is 2.53 bits per heavy atom. The van der Waals surface area contributed by atoms with Gasteiger partial charge >= 0.3 is 23.5 Å². The maximum atomic E-state index is 13.1. The number of nitrogens with two attached hydrogens (primary N) is 1. The number of ether oxygens (including phenoxy) is 1. The number of hydrogen-bond donors (Lipinski definition) is 7. The molecule has 1 aromatic heterocycles. The van der Waals surface area contributed by atoms with Gasteiger partial charge in [-0.1, -0.05) is 43.3 Å². The van der Waals surface area contributed by atoms with Crippen molar-refractivity contribution < 1.29 is 56.3 Å². The molecule has 7 rings (SSSR count). The maximum absolute atomic E-state index is 13.1. The van der Waals surface area contributed by atoms with Gasteiger partial charge in [0.15, 0.2) is 23.5 Å². The first-order valence-electron chi connectivity index (χ1n) is 15.1. The van der Waals surface area contributed by atoms with Crippen LogP contribution in [0.2, 0.25) is 0 Å². The SMILES string of the molecule is CC1C=Cc2cc3ccc4ccc(/C=C/N5CN(C6=CC(O)C(COP(=O)(O)OP(=O)(O)OP(=O)(O)O)O6)c6nc(N)[nH]c(=O)c65)cc4c3cc21. The lowest BCUT2D eigenvalue weighted by Gasteiger charge is -2.22. The number of aromatic amines is 1. The number of nitrogen functional groups attached to an aromatic ring is 1. The van der Waals surface area contributed by atoms with E-state index in [0.717, 1.165) is 27.1 Å². The first-order chi connectivity index (χ1) is 24.0. The number of nitrogens with zero attached hydrogens (tertiary/aromatic N) is 3. The highest BCUT2D eigenvalue weighted by Gasteiger charge is 2.43. The average molecular weight is 762 g/mol. The monoisotopic (exact) mass is 761 g/mol. The number of phosphoric ester groups is 1. The summed E-state index contributed by atoms with van der Waals surface area (Å²) in [6.45, 7) is 1.21. The first kappa shape index (κ1) is 35.3. The molecule has 0 radical (unpaired) electrons. The molecule has 8 N–H and O–H groups in total. The topological polar surface area (TPSA) is 268 Å². The third-order valence-corrected chi connectivity index (χ3v) is 12.2. The van der Waals surface area contributed by atoms with Crippen LogP contribution in [-0.2, 0) is 31.6 Å². The van der Waals surface area contributed by atoms with Crippen molar-refractivity contribution in [3.05, 3.63) is 93.7 Å². The molecule has 268 valence electrons. The zero-order valence-electron chi connectivity index (χ0n) is 26.3. The number of phosphoric acid groups is 3. The van der Waals surface area contributed by atoms with Crippen LogP contribution in [0.4, 0.5) is 17.5 Å². The second-order valence-corrected chi connectivity index (χ2v) is 16.3. The number of fused-ring (bicyclic) bond motifs is 5. The second kappa shape index (κ2) is 12.8. The summed E-state index contributed by atoms with van der Waals surface area (Å²) in [5.41, 5.74) is 8.71. The van der Waals surface area contributed by atoms with Gasteiger partial charge in [-0.05, 0) is 68.4 Å². The Morgan fingerprint density at radius 1 is 1.04 bits per heavy atom. The smallest absolute Gasteiger partial charge is 0.470 e. The van der Waals surface area contributed by atoms with Crippen LogP contribution in [0.5, 0.6) is 0 Å². The molecule has 51 heavy (non-hydrogen) atoms. The molecule has 0 spiro atoms. The van der Waals surface area contributed by atoms with E-state index in [1.807, 2.05) is 18.2 Å². The normalized spacial score (nSPS) is 22.3. The summed E-state index contributed by atoms with van der Waals surface area (Å²) in [5, 5.41) is 15.0. The summed E-state index contributed by atoms with van der Waals surface area (Å²) in [4.78, 5) is 59.4. The minimum Gasteiger partial charge on any atom is -0.470 e. The predicted molar refractivity (Wildman–Crippen MR) is 186 cm³/mol. The number of anilines is 3. The zero-order valence-corrected chi connectivity index (χ0v) is 29.0. The van der Waals surface area contributed by atoms with E-state index in [-0.39, 0.29) is 30.0 Å². The van der Waals surface area contributed by atoms with Gasteiger partial charge in [0.2, 0.25) is 5.95 Å². The lowest BCUT2D eigenvalue weighted by Crippen LogP contribution is -2.30. The van der Waals surface area contributed by atoms with Gasteiger partial charge < -0.3 is 40.1 Å². The molecule has 21 heteroatoms. The molecule has 0 saturated carbocycles. The largest absolute Gasteiger partial charge is 0.490 e. The summed E-state index contributed by atoms with van der Waals surface area (Å²) >= 11 is 0. The molecule has 0 amide bonds. The number of benzene rings is 3. The number of allylic oxidation sites excluding steroid dienone is 1. The van der Waals surface area contributed by atoms with Crippen LogP contribution in [0.1, 0.15) is 29.5 Å². The van der Waals surface area contributed by atoms with Crippen LogP contribution < -0.4 is 21.1 Å². The van der Waals surface area contributed by atoms with Crippen molar-refractivity contribution in [1.82, 2.24) is 9.97 Å². The maximum Gasteiger partial charge on any atom is 0.490 e. The van der Waals surface area contributed by atoms with E-state index in [1.165, 1.54) is 22.1 Å². The molecule has 18 nitrogen and oxygen atoms in total. The van der Waals surface area contributed by atoms with Gasteiger partial charge in [0.1, 0.15) is 12.8 Å². The van der Waals surface area contributed by atoms with E-state index in [1.54, 1.807) is 11.1 Å². The second-order valence-electron chi connectivity index (χ2n) is 11.9. The van der Waals surface area contributed by atoms with E-state index in [0.29, 0.717) is 5.92 Å². The van der Waals surface area contributed by atoms with Crippen molar-refractivity contribution in [2.45, 2.75) is 25.0 Å². The van der Waals surface area contributed by atoms with Gasteiger partial charge in [-0.2, -0.15) is 13.6 Å². The van der Waals surface area contributed by atoms with E-state index in [4.69, 9.17) is 20.3 Å². The number of H-pyrrole nitrogens is 1. The van der Waals surface area contributed by atoms with Gasteiger partial charge in [0.05, 0.1) is 6.61 Å². The summed E-state index contributed by atoms with van der Waals surface area (Å²) in [6.07, 6.45) is 6.19. The highest BCUT2D eigenvalue weighted by molar-refractivity contribution is 7.66. The van der Waals surface area contributed by atoms with Crippen LogP contribution in [0, 0.1) is 0 Å². The highest BCUT2D eigenvalue weighted by Crippen LogP contribution is 2.66. The molecule has 3 aromatic carbocycles. The first-order valence-corrected chi connectivity index (χ1v) is 19.6. The van der Waals surface area contributed by atoms with Crippen molar-refractivity contribution >= 4 is 74.6 Å². The Bertz CT molecular complexity index is 2390. The molecule has 0 bridgehead atoms. The molecule has 5 unspecified atom stereocenters. The van der Waals surface area contributed by atoms with Crippen molar-refractivity contribution in [2.24, 2.45) is 0 Å². The molecular weight excluding hydrogens is 731 g/mol. The summed E-state index contributed by atoms with van der Waals surface area (Å²) < 4.78 is 52.4. The Balaban J connectivity index is 1.10. The van der Waals surface area contributed by atoms with E-state index in [9.17, 15) is 33.4 Å². The molecular formula is C30H30N5O13P3. The number of hydrogen-bond acceptors (Lipinski definition) is 13. The van der Waals surface area contributed by atoms with Crippen LogP contribution in [0.25, 0.3) is 33.7 Å². The van der Waals surface area contributed by atoms with Gasteiger partial charge in [0.25, 0.3) is 5.56 Å². The number of aliphatic hydroxyl groups is 1. The van der Waals surface area contributed by atoms with Crippen molar-refractivity contribution in [3.63, 3.8) is 0 Å². The van der Waals surface area contributed by atoms with Gasteiger partial charge in [0, 0.05) is 12.3 Å². The van der Waals surface area contributed by atoms with Crippen LogP contribution in [0.15, 0.2) is 71.5 Å². The van der Waals surface area contributed by atoms with Crippen molar-refractivity contribution in [2.75, 3.05) is 28.8 Å². The third kappa shape index (κ3) is 7.31. The number of rotatable bonds is 10. The molecule has 4 aromatic rings. The lowest BCUT2D eigenvalue weighted by molar-refractivity contribution is 0.00978. The fraction of sp³-hybridized carbons (Fsp3) is 0.200.